The predicted octanol–water partition coefficient (Wildman–Crippen LogP) is -0.660. The molecule has 118 valence electrons. The zero-order valence-corrected chi connectivity index (χ0v) is 11.9. The minimum Gasteiger partial charge on any atom is -0.371 e. The van der Waals surface area contributed by atoms with Crippen LogP contribution in [-0.4, -0.2) is 38.1 Å². The van der Waals surface area contributed by atoms with Gasteiger partial charge in [-0.15, -0.1) is 0 Å². The van der Waals surface area contributed by atoms with Crippen molar-refractivity contribution in [3.05, 3.63) is 0 Å². The summed E-state index contributed by atoms with van der Waals surface area (Å²) in [7, 11) is 0. The van der Waals surface area contributed by atoms with Crippen LogP contribution >= 0.6 is 0 Å². The molecule has 0 aromatic heterocycles. The molecule has 6 N–H and O–H groups in total. The molecule has 0 fully saturated rings. The lowest BCUT2D eigenvalue weighted by atomic mass is 10.1. The number of rotatable bonds is 13. The van der Waals surface area contributed by atoms with Crippen molar-refractivity contribution in [1.29, 1.82) is 0 Å². The van der Waals surface area contributed by atoms with Gasteiger partial charge in [0.05, 0.1) is 0 Å². The molecule has 0 amide bonds. The van der Waals surface area contributed by atoms with Crippen molar-refractivity contribution in [2.75, 3.05) is 26.2 Å². The summed E-state index contributed by atoms with van der Waals surface area (Å²) in [5.74, 6) is -0.576. The highest BCUT2D eigenvalue weighted by Gasteiger charge is 2.04. The monoisotopic (exact) mass is 290 g/mol. The quantitative estimate of drug-likeness (QED) is 0.260. The molecular weight excluding hydrogens is 264 g/mol. The second kappa shape index (κ2) is 14.2. The summed E-state index contributed by atoms with van der Waals surface area (Å²) in [6, 6.07) is 0. The second-order valence-corrected chi connectivity index (χ2v) is 4.23. The minimum atomic E-state index is -0.288. The van der Waals surface area contributed by atoms with Gasteiger partial charge in [0.1, 0.15) is 0 Å². The van der Waals surface area contributed by atoms with E-state index in [1.165, 1.54) is 0 Å². The first-order valence-corrected chi connectivity index (χ1v) is 6.96. The molecule has 0 heterocycles. The van der Waals surface area contributed by atoms with Gasteiger partial charge in [-0.1, -0.05) is 12.8 Å². The van der Waals surface area contributed by atoms with E-state index >= 15 is 0 Å². The van der Waals surface area contributed by atoms with Crippen LogP contribution in [0.25, 0.3) is 0 Å². The number of unbranched alkanes of at least 4 members (excludes halogenated alkanes) is 3. The molecule has 0 atom stereocenters. The largest absolute Gasteiger partial charge is 0.371 e. The molecule has 0 aromatic rings. The van der Waals surface area contributed by atoms with E-state index in [1.807, 2.05) is 0 Å². The summed E-state index contributed by atoms with van der Waals surface area (Å²) < 4.78 is 0. The van der Waals surface area contributed by atoms with Gasteiger partial charge in [-0.2, -0.15) is 11.0 Å². The molecule has 0 saturated carbocycles. The van der Waals surface area contributed by atoms with Crippen molar-refractivity contribution < 1.29 is 19.3 Å². The van der Waals surface area contributed by atoms with Gasteiger partial charge in [0.25, 0.3) is 0 Å². The summed E-state index contributed by atoms with van der Waals surface area (Å²) in [5, 5.41) is 0. The minimum absolute atomic E-state index is 0.288. The number of hydrogen-bond acceptors (Lipinski definition) is 8. The predicted molar refractivity (Wildman–Crippen MR) is 74.0 cm³/mol. The Labute approximate surface area is 119 Å². The van der Waals surface area contributed by atoms with Crippen molar-refractivity contribution in [2.45, 2.75) is 38.5 Å². The number of carbonyl (C=O) groups excluding carboxylic acids is 2. The molecule has 8 nitrogen and oxygen atoms in total. The third-order valence-electron chi connectivity index (χ3n) is 2.38. The van der Waals surface area contributed by atoms with E-state index in [9.17, 15) is 9.59 Å². The van der Waals surface area contributed by atoms with Gasteiger partial charge in [-0.3, -0.25) is 9.59 Å². The fourth-order valence-corrected chi connectivity index (χ4v) is 1.38. The van der Waals surface area contributed by atoms with Crippen molar-refractivity contribution in [3.63, 3.8) is 0 Å². The highest BCUT2D eigenvalue weighted by molar-refractivity contribution is 5.69. The Morgan fingerprint density at radius 3 is 1.50 bits per heavy atom. The maximum absolute atomic E-state index is 11.2. The van der Waals surface area contributed by atoms with E-state index < -0.39 is 0 Å². The average Bonchev–Trinajstić information content (AvgIpc) is 2.43. The van der Waals surface area contributed by atoms with Crippen LogP contribution < -0.4 is 22.4 Å². The number of hydroxylamine groups is 2. The highest BCUT2D eigenvalue weighted by atomic mass is 16.7. The Balaban J connectivity index is 3.27. The van der Waals surface area contributed by atoms with E-state index in [4.69, 9.17) is 21.1 Å². The van der Waals surface area contributed by atoms with Crippen molar-refractivity contribution in [1.82, 2.24) is 11.0 Å². The van der Waals surface area contributed by atoms with Gasteiger partial charge in [-0.25, -0.2) is 0 Å². The third kappa shape index (κ3) is 13.2. The smallest absolute Gasteiger partial charge is 0.324 e. The molecule has 0 aromatic carbocycles. The number of carbonyl (C=O) groups is 2. The van der Waals surface area contributed by atoms with E-state index in [1.54, 1.807) is 0 Å². The lowest BCUT2D eigenvalue weighted by molar-refractivity contribution is -0.152. The normalized spacial score (nSPS) is 10.3. The molecule has 0 bridgehead atoms. The Morgan fingerprint density at radius 2 is 1.15 bits per heavy atom. The molecule has 0 radical (unpaired) electrons. The zero-order chi connectivity index (χ0) is 15.1. The van der Waals surface area contributed by atoms with Crippen LogP contribution in [0.4, 0.5) is 0 Å². The van der Waals surface area contributed by atoms with Crippen LogP contribution in [0.2, 0.25) is 0 Å². The summed E-state index contributed by atoms with van der Waals surface area (Å²) in [6.45, 7) is 1.74. The molecular formula is C12H26N4O4. The Hall–Kier alpha value is -1.22. The molecule has 0 rings (SSSR count). The number of nitrogens with two attached hydrogens (primary N) is 2. The lowest BCUT2D eigenvalue weighted by Gasteiger charge is -2.05. The van der Waals surface area contributed by atoms with Crippen molar-refractivity contribution in [2.24, 2.45) is 11.5 Å². The summed E-state index contributed by atoms with van der Waals surface area (Å²) in [6.07, 6.45) is 3.94. The SMILES string of the molecule is NCCNOC(=O)CCCCCCC(=O)ONCCN. The lowest BCUT2D eigenvalue weighted by Crippen LogP contribution is -2.25. The molecule has 0 spiro atoms. The van der Waals surface area contributed by atoms with Crippen molar-refractivity contribution in [3.8, 4) is 0 Å². The first kappa shape index (κ1) is 18.8. The third-order valence-corrected chi connectivity index (χ3v) is 2.38. The Morgan fingerprint density at radius 1 is 0.750 bits per heavy atom. The standard InChI is InChI=1S/C12H26N4O4/c13-7-9-15-19-11(17)5-3-1-2-4-6-12(18)20-16-10-8-14/h15-16H,1-10,13-14H2. The molecule has 0 saturated heterocycles. The van der Waals surface area contributed by atoms with E-state index in [2.05, 4.69) is 11.0 Å². The number of hydrogen-bond donors (Lipinski definition) is 4. The first-order chi connectivity index (χ1) is 9.70. The molecule has 0 unspecified atom stereocenters. The molecule has 0 aliphatic carbocycles. The van der Waals surface area contributed by atoms with E-state index in [0.29, 0.717) is 39.0 Å². The number of nitrogens with one attached hydrogen (secondary N) is 2. The van der Waals surface area contributed by atoms with Gasteiger partial charge >= 0.3 is 11.9 Å². The van der Waals surface area contributed by atoms with Crippen LogP contribution in [0.15, 0.2) is 0 Å². The zero-order valence-electron chi connectivity index (χ0n) is 11.9. The van der Waals surface area contributed by atoms with Gasteiger partial charge in [0.2, 0.25) is 0 Å². The maximum Gasteiger partial charge on any atom is 0.324 e. The Kier molecular flexibility index (Phi) is 13.3. The summed E-state index contributed by atoms with van der Waals surface area (Å²) in [5.41, 5.74) is 15.4. The van der Waals surface area contributed by atoms with Crippen LogP contribution in [-0.2, 0) is 19.3 Å². The fraction of sp³-hybridized carbons (Fsp3) is 0.833. The van der Waals surface area contributed by atoms with Crippen LogP contribution in [0.3, 0.4) is 0 Å². The Bertz CT molecular complexity index is 238. The molecule has 0 aliphatic rings. The van der Waals surface area contributed by atoms with Gasteiger partial charge in [0, 0.05) is 39.0 Å². The summed E-state index contributed by atoms with van der Waals surface area (Å²) >= 11 is 0. The fourth-order valence-electron chi connectivity index (χ4n) is 1.38. The molecule has 8 heteroatoms. The average molecular weight is 290 g/mol. The maximum atomic E-state index is 11.2. The highest BCUT2D eigenvalue weighted by Crippen LogP contribution is 2.06. The van der Waals surface area contributed by atoms with Crippen LogP contribution in [0, 0.1) is 0 Å². The summed E-state index contributed by atoms with van der Waals surface area (Å²) in [4.78, 5) is 31.8. The van der Waals surface area contributed by atoms with Gasteiger partial charge in [0.15, 0.2) is 0 Å². The van der Waals surface area contributed by atoms with Gasteiger partial charge < -0.3 is 21.1 Å². The van der Waals surface area contributed by atoms with Crippen LogP contribution in [0.5, 0.6) is 0 Å². The second-order valence-electron chi connectivity index (χ2n) is 4.23. The van der Waals surface area contributed by atoms with Crippen LogP contribution in [0.1, 0.15) is 38.5 Å². The van der Waals surface area contributed by atoms with Gasteiger partial charge in [-0.05, 0) is 12.8 Å². The molecule has 20 heavy (non-hydrogen) atoms. The molecule has 0 aliphatic heterocycles. The topological polar surface area (TPSA) is 129 Å². The first-order valence-electron chi connectivity index (χ1n) is 6.96. The van der Waals surface area contributed by atoms with E-state index in [-0.39, 0.29) is 11.9 Å². The van der Waals surface area contributed by atoms with E-state index in [0.717, 1.165) is 25.7 Å². The van der Waals surface area contributed by atoms with Crippen molar-refractivity contribution >= 4 is 11.9 Å².